The Kier molecular flexibility index (Phi) is 5.06. The minimum absolute atomic E-state index is 0.0201. The van der Waals surface area contributed by atoms with Crippen molar-refractivity contribution >= 4 is 37.8 Å². The zero-order chi connectivity index (χ0) is 15.6. The zero-order valence-electron chi connectivity index (χ0n) is 11.7. The van der Waals surface area contributed by atoms with E-state index in [-0.39, 0.29) is 11.7 Å². The van der Waals surface area contributed by atoms with Crippen LogP contribution in [0.1, 0.15) is 21.5 Å². The first-order chi connectivity index (χ1) is 9.88. The molecule has 0 aromatic heterocycles. The van der Waals surface area contributed by atoms with Gasteiger partial charge in [-0.1, -0.05) is 28.1 Å². The Hall–Kier alpha value is -1.33. The van der Waals surface area contributed by atoms with Crippen LogP contribution in [0.15, 0.2) is 45.3 Å². The molecule has 21 heavy (non-hydrogen) atoms. The lowest BCUT2D eigenvalue weighted by Gasteiger charge is -2.19. The Morgan fingerprint density at radius 2 is 1.81 bits per heavy atom. The molecule has 2 rings (SSSR count). The van der Waals surface area contributed by atoms with Crippen LogP contribution in [0, 0.1) is 6.92 Å². The number of hydrogen-bond acceptors (Lipinski definition) is 2. The van der Waals surface area contributed by atoms with Crippen molar-refractivity contribution in [3.8, 4) is 5.75 Å². The van der Waals surface area contributed by atoms with Gasteiger partial charge >= 0.3 is 0 Å². The van der Waals surface area contributed by atoms with Gasteiger partial charge in [-0.3, -0.25) is 4.79 Å². The van der Waals surface area contributed by atoms with Crippen molar-refractivity contribution in [2.45, 2.75) is 13.5 Å². The fourth-order valence-corrected chi connectivity index (χ4v) is 2.88. The fraction of sp³-hybridized carbons (Fsp3) is 0.188. The van der Waals surface area contributed by atoms with Crippen LogP contribution in [0.4, 0.5) is 0 Å². The van der Waals surface area contributed by atoms with Crippen LogP contribution >= 0.6 is 31.9 Å². The summed E-state index contributed by atoms with van der Waals surface area (Å²) in [6.07, 6.45) is 0. The van der Waals surface area contributed by atoms with Gasteiger partial charge in [0.05, 0.1) is 10.0 Å². The van der Waals surface area contributed by atoms with Gasteiger partial charge in [-0.05, 0) is 58.2 Å². The summed E-state index contributed by atoms with van der Waals surface area (Å²) < 4.78 is 1.53. The molecule has 2 aromatic carbocycles. The van der Waals surface area contributed by atoms with Gasteiger partial charge in [-0.25, -0.2) is 0 Å². The number of nitrogens with zero attached hydrogens (tertiary/aromatic N) is 1. The zero-order valence-corrected chi connectivity index (χ0v) is 14.9. The quantitative estimate of drug-likeness (QED) is 0.806. The normalized spacial score (nSPS) is 10.5. The first kappa shape index (κ1) is 16.0. The molecule has 0 aliphatic carbocycles. The molecule has 1 N–H and O–H groups in total. The van der Waals surface area contributed by atoms with Gasteiger partial charge in [-0.2, -0.15) is 0 Å². The number of benzene rings is 2. The summed E-state index contributed by atoms with van der Waals surface area (Å²) in [7, 11) is 1.72. The van der Waals surface area contributed by atoms with E-state index in [4.69, 9.17) is 0 Å². The number of phenolic OH excluding ortho intramolecular Hbond substituents is 1. The second-order valence-electron chi connectivity index (χ2n) is 4.93. The molecule has 3 nitrogen and oxygen atoms in total. The monoisotopic (exact) mass is 411 g/mol. The van der Waals surface area contributed by atoms with E-state index in [2.05, 4.69) is 31.9 Å². The van der Waals surface area contributed by atoms with E-state index >= 15 is 0 Å². The second kappa shape index (κ2) is 6.62. The molecule has 0 bridgehead atoms. The van der Waals surface area contributed by atoms with Crippen molar-refractivity contribution in [3.05, 3.63) is 62.0 Å². The van der Waals surface area contributed by atoms with Gasteiger partial charge in [0.15, 0.2) is 0 Å². The molecule has 0 saturated carbocycles. The fourth-order valence-electron chi connectivity index (χ4n) is 2.04. The van der Waals surface area contributed by atoms with Crippen LogP contribution < -0.4 is 0 Å². The molecular weight excluding hydrogens is 398 g/mol. The summed E-state index contributed by atoms with van der Waals surface area (Å²) in [5.74, 6) is -0.229. The molecule has 0 aliphatic rings. The smallest absolute Gasteiger partial charge is 0.257 e. The number of phenols is 1. The standard InChI is InChI=1S/C16H15Br2NO2/c1-10-7-13(15(20)14(18)8-10)16(21)19(2)9-11-3-5-12(17)6-4-11/h3-8,20H,9H2,1-2H3. The van der Waals surface area contributed by atoms with Crippen molar-refractivity contribution in [2.75, 3.05) is 7.05 Å². The second-order valence-corrected chi connectivity index (χ2v) is 6.70. The summed E-state index contributed by atoms with van der Waals surface area (Å²) in [5.41, 5.74) is 2.25. The summed E-state index contributed by atoms with van der Waals surface area (Å²) >= 11 is 6.65. The highest BCUT2D eigenvalue weighted by molar-refractivity contribution is 9.10. The van der Waals surface area contributed by atoms with Gasteiger partial charge in [-0.15, -0.1) is 0 Å². The Morgan fingerprint density at radius 1 is 1.19 bits per heavy atom. The summed E-state index contributed by atoms with van der Waals surface area (Å²) in [6.45, 7) is 2.37. The minimum atomic E-state index is -0.209. The van der Waals surface area contributed by atoms with E-state index in [1.807, 2.05) is 31.2 Å². The molecule has 0 atom stereocenters. The Morgan fingerprint density at radius 3 is 2.43 bits per heavy atom. The molecule has 1 amide bonds. The van der Waals surface area contributed by atoms with Crippen LogP contribution in [0.25, 0.3) is 0 Å². The van der Waals surface area contributed by atoms with Crippen LogP contribution in [0.2, 0.25) is 0 Å². The van der Waals surface area contributed by atoms with E-state index in [1.54, 1.807) is 24.1 Å². The van der Waals surface area contributed by atoms with Crippen molar-refractivity contribution in [2.24, 2.45) is 0 Å². The van der Waals surface area contributed by atoms with Gasteiger partial charge in [0.25, 0.3) is 5.91 Å². The average Bonchev–Trinajstić information content (AvgIpc) is 2.44. The predicted molar refractivity (Wildman–Crippen MR) is 90.5 cm³/mol. The summed E-state index contributed by atoms with van der Waals surface area (Å²) in [5, 5.41) is 10.0. The number of carbonyl (C=O) groups excluding carboxylic acids is 1. The number of rotatable bonds is 3. The first-order valence-electron chi connectivity index (χ1n) is 6.37. The predicted octanol–water partition coefficient (Wildman–Crippen LogP) is 4.50. The van der Waals surface area contributed by atoms with Crippen LogP contribution in [-0.4, -0.2) is 23.0 Å². The topological polar surface area (TPSA) is 40.5 Å². The van der Waals surface area contributed by atoms with E-state index in [0.29, 0.717) is 16.6 Å². The van der Waals surface area contributed by atoms with Gasteiger partial charge in [0, 0.05) is 18.1 Å². The van der Waals surface area contributed by atoms with Crippen molar-refractivity contribution in [1.29, 1.82) is 0 Å². The summed E-state index contributed by atoms with van der Waals surface area (Å²) in [4.78, 5) is 14.1. The highest BCUT2D eigenvalue weighted by Gasteiger charge is 2.18. The molecular formula is C16H15Br2NO2. The third-order valence-electron chi connectivity index (χ3n) is 3.12. The van der Waals surface area contributed by atoms with E-state index in [1.165, 1.54) is 0 Å². The highest BCUT2D eigenvalue weighted by Crippen LogP contribution is 2.30. The molecule has 0 saturated heterocycles. The summed E-state index contributed by atoms with van der Waals surface area (Å²) in [6, 6.07) is 11.3. The molecule has 0 spiro atoms. The number of halogens is 2. The van der Waals surface area contributed by atoms with Crippen LogP contribution in [0.3, 0.4) is 0 Å². The van der Waals surface area contributed by atoms with Crippen molar-refractivity contribution in [3.63, 3.8) is 0 Å². The number of amides is 1. The molecule has 0 fully saturated rings. The number of hydrogen-bond donors (Lipinski definition) is 1. The lowest BCUT2D eigenvalue weighted by Crippen LogP contribution is -2.26. The van der Waals surface area contributed by atoms with Gasteiger partial charge < -0.3 is 10.0 Å². The van der Waals surface area contributed by atoms with Crippen molar-refractivity contribution < 1.29 is 9.90 Å². The number of carbonyl (C=O) groups is 1. The third kappa shape index (κ3) is 3.86. The lowest BCUT2D eigenvalue weighted by atomic mass is 10.1. The van der Waals surface area contributed by atoms with E-state index < -0.39 is 0 Å². The maximum absolute atomic E-state index is 12.5. The largest absolute Gasteiger partial charge is 0.506 e. The Balaban J connectivity index is 2.21. The number of aromatic hydroxyl groups is 1. The lowest BCUT2D eigenvalue weighted by molar-refractivity contribution is 0.0782. The van der Waals surface area contributed by atoms with Crippen LogP contribution in [-0.2, 0) is 6.54 Å². The Labute approximate surface area is 140 Å². The third-order valence-corrected chi connectivity index (χ3v) is 4.25. The first-order valence-corrected chi connectivity index (χ1v) is 7.96. The van der Waals surface area contributed by atoms with Gasteiger partial charge in [0.1, 0.15) is 5.75 Å². The number of aryl methyl sites for hydroxylation is 1. The molecule has 110 valence electrons. The molecule has 0 radical (unpaired) electrons. The van der Waals surface area contributed by atoms with Gasteiger partial charge in [0.2, 0.25) is 0 Å². The molecule has 0 unspecified atom stereocenters. The molecule has 0 aliphatic heterocycles. The maximum atomic E-state index is 12.5. The minimum Gasteiger partial charge on any atom is -0.506 e. The van der Waals surface area contributed by atoms with Crippen LogP contribution in [0.5, 0.6) is 5.75 Å². The molecule has 2 aromatic rings. The SMILES string of the molecule is Cc1cc(Br)c(O)c(C(=O)N(C)Cc2ccc(Br)cc2)c1. The highest BCUT2D eigenvalue weighted by atomic mass is 79.9. The Bertz CT molecular complexity index is 669. The van der Waals surface area contributed by atoms with Crippen molar-refractivity contribution in [1.82, 2.24) is 4.90 Å². The maximum Gasteiger partial charge on any atom is 0.257 e. The van der Waals surface area contributed by atoms with E-state index in [0.717, 1.165) is 15.6 Å². The molecule has 0 heterocycles. The average molecular weight is 413 g/mol. The van der Waals surface area contributed by atoms with E-state index in [9.17, 15) is 9.90 Å². The molecule has 5 heteroatoms.